The Bertz CT molecular complexity index is 291. The molecule has 2 atom stereocenters. The van der Waals surface area contributed by atoms with Gasteiger partial charge in [-0.05, 0) is 19.3 Å². The second-order valence-corrected chi connectivity index (χ2v) is 5.12. The van der Waals surface area contributed by atoms with Gasteiger partial charge in [-0.25, -0.2) is 0 Å². The number of carboxylic acids is 1. The number of carbonyl (C=O) groups is 2. The van der Waals surface area contributed by atoms with Crippen molar-refractivity contribution in [2.45, 2.75) is 45.7 Å². The predicted octanol–water partition coefficient (Wildman–Crippen LogP) is 0.696. The van der Waals surface area contributed by atoms with Crippen LogP contribution in [0, 0.1) is 5.92 Å². The molecule has 0 aromatic rings. The first-order chi connectivity index (χ1) is 7.91. The summed E-state index contributed by atoms with van der Waals surface area (Å²) in [4.78, 5) is 24.6. The molecular weight excluding hydrogens is 220 g/mol. The van der Waals surface area contributed by atoms with Crippen LogP contribution in [0.4, 0.5) is 0 Å². The largest absolute Gasteiger partial charge is 0.481 e. The summed E-state index contributed by atoms with van der Waals surface area (Å²) in [6.45, 7) is 7.61. The number of hydrogen-bond acceptors (Lipinski definition) is 3. The third-order valence-corrected chi connectivity index (χ3v) is 3.10. The Labute approximate surface area is 102 Å². The van der Waals surface area contributed by atoms with Crippen molar-refractivity contribution >= 4 is 11.9 Å². The molecule has 0 spiro atoms. The van der Waals surface area contributed by atoms with E-state index in [9.17, 15) is 9.59 Å². The lowest BCUT2D eigenvalue weighted by Crippen LogP contribution is -2.59. The van der Waals surface area contributed by atoms with Crippen LogP contribution in [0.5, 0.6) is 0 Å². The minimum atomic E-state index is -0.936. The molecule has 0 bridgehead atoms. The van der Waals surface area contributed by atoms with Crippen LogP contribution in [0.1, 0.15) is 33.6 Å². The maximum Gasteiger partial charge on any atom is 0.305 e. The van der Waals surface area contributed by atoms with Crippen LogP contribution in [0.15, 0.2) is 0 Å². The average molecular weight is 242 g/mol. The van der Waals surface area contributed by atoms with Gasteiger partial charge in [0.15, 0.2) is 0 Å². The number of carbonyl (C=O) groups excluding carboxylic acids is 1. The van der Waals surface area contributed by atoms with Gasteiger partial charge in [-0.15, -0.1) is 0 Å². The summed E-state index contributed by atoms with van der Waals surface area (Å²) in [6, 6.07) is -0.415. The Morgan fingerprint density at radius 2 is 2.24 bits per heavy atom. The Balaban J connectivity index is 2.59. The third kappa shape index (κ3) is 4.00. The third-order valence-electron chi connectivity index (χ3n) is 3.10. The molecule has 0 aliphatic carbocycles. The van der Waals surface area contributed by atoms with Gasteiger partial charge in [-0.1, -0.05) is 13.8 Å². The van der Waals surface area contributed by atoms with E-state index >= 15 is 0 Å². The maximum atomic E-state index is 12.1. The Hall–Kier alpha value is -1.10. The van der Waals surface area contributed by atoms with Crippen LogP contribution < -0.4 is 5.32 Å². The lowest BCUT2D eigenvalue weighted by molar-refractivity contribution is -0.145. The molecule has 1 rings (SSSR count). The van der Waals surface area contributed by atoms with Crippen molar-refractivity contribution in [2.24, 2.45) is 5.92 Å². The van der Waals surface area contributed by atoms with E-state index < -0.39 is 12.0 Å². The number of amides is 1. The molecule has 98 valence electrons. The van der Waals surface area contributed by atoms with Crippen LogP contribution in [-0.2, 0) is 9.59 Å². The van der Waals surface area contributed by atoms with Crippen molar-refractivity contribution in [1.82, 2.24) is 10.2 Å². The van der Waals surface area contributed by atoms with Gasteiger partial charge in [-0.3, -0.25) is 9.59 Å². The zero-order chi connectivity index (χ0) is 13.0. The van der Waals surface area contributed by atoms with E-state index in [1.54, 1.807) is 0 Å². The lowest BCUT2D eigenvalue weighted by atomic mass is 10.0. The fourth-order valence-electron chi connectivity index (χ4n) is 1.99. The van der Waals surface area contributed by atoms with Crippen LogP contribution >= 0.6 is 0 Å². The summed E-state index contributed by atoms with van der Waals surface area (Å²) in [5.74, 6) is -0.469. The van der Waals surface area contributed by atoms with Gasteiger partial charge >= 0.3 is 5.97 Å². The van der Waals surface area contributed by atoms with Gasteiger partial charge in [-0.2, -0.15) is 0 Å². The van der Waals surface area contributed by atoms with Gasteiger partial charge < -0.3 is 15.3 Å². The van der Waals surface area contributed by atoms with E-state index in [-0.39, 0.29) is 18.4 Å². The van der Waals surface area contributed by atoms with E-state index in [0.29, 0.717) is 12.5 Å². The van der Waals surface area contributed by atoms with Crippen molar-refractivity contribution in [1.29, 1.82) is 0 Å². The molecule has 1 amide bonds. The summed E-state index contributed by atoms with van der Waals surface area (Å²) in [7, 11) is 0. The molecule has 1 aliphatic heterocycles. The van der Waals surface area contributed by atoms with Crippen molar-refractivity contribution in [3.05, 3.63) is 0 Å². The van der Waals surface area contributed by atoms with Crippen molar-refractivity contribution in [3.63, 3.8) is 0 Å². The highest BCUT2D eigenvalue weighted by Gasteiger charge is 2.33. The molecule has 17 heavy (non-hydrogen) atoms. The SMILES string of the molecule is CC(C)CCN1C(=O)C(CC(=O)O)NCC1C. The van der Waals surface area contributed by atoms with Crippen molar-refractivity contribution in [2.75, 3.05) is 13.1 Å². The number of nitrogens with one attached hydrogen (secondary N) is 1. The van der Waals surface area contributed by atoms with Crippen LogP contribution in [-0.4, -0.2) is 47.1 Å². The molecule has 1 saturated heterocycles. The topological polar surface area (TPSA) is 69.6 Å². The fraction of sp³-hybridized carbons (Fsp3) is 0.833. The lowest BCUT2D eigenvalue weighted by Gasteiger charge is -2.38. The Morgan fingerprint density at radius 1 is 1.59 bits per heavy atom. The molecule has 1 heterocycles. The van der Waals surface area contributed by atoms with Gasteiger partial charge in [0.05, 0.1) is 12.5 Å². The summed E-state index contributed by atoms with van der Waals surface area (Å²) < 4.78 is 0. The standard InChI is InChI=1S/C12H22N2O3/c1-8(2)4-5-14-9(3)7-13-10(12(14)17)6-11(15)16/h8-10,13H,4-7H2,1-3H3,(H,15,16). The molecule has 0 saturated carbocycles. The second-order valence-electron chi connectivity index (χ2n) is 5.12. The number of nitrogens with zero attached hydrogens (tertiary/aromatic N) is 1. The molecule has 2 unspecified atom stereocenters. The smallest absolute Gasteiger partial charge is 0.305 e. The zero-order valence-electron chi connectivity index (χ0n) is 10.8. The minimum Gasteiger partial charge on any atom is -0.481 e. The maximum absolute atomic E-state index is 12.1. The predicted molar refractivity (Wildman–Crippen MR) is 64.7 cm³/mol. The highest BCUT2D eigenvalue weighted by atomic mass is 16.4. The summed E-state index contributed by atoms with van der Waals surface area (Å²) in [5.41, 5.74) is 0. The van der Waals surface area contributed by atoms with Gasteiger partial charge in [0.25, 0.3) is 0 Å². The first-order valence-corrected chi connectivity index (χ1v) is 6.17. The first kappa shape index (κ1) is 14.0. The summed E-state index contributed by atoms with van der Waals surface area (Å²) in [6.07, 6.45) is 0.819. The quantitative estimate of drug-likeness (QED) is 0.744. The van der Waals surface area contributed by atoms with E-state index in [1.807, 2.05) is 11.8 Å². The number of piperazine rings is 1. The number of aliphatic carboxylic acids is 1. The van der Waals surface area contributed by atoms with Crippen LogP contribution in [0.2, 0.25) is 0 Å². The molecule has 2 N–H and O–H groups in total. The van der Waals surface area contributed by atoms with E-state index in [1.165, 1.54) is 0 Å². The highest BCUT2D eigenvalue weighted by Crippen LogP contribution is 2.13. The highest BCUT2D eigenvalue weighted by molar-refractivity contribution is 5.87. The number of rotatable bonds is 5. The second kappa shape index (κ2) is 6.00. The van der Waals surface area contributed by atoms with E-state index in [2.05, 4.69) is 19.2 Å². The average Bonchev–Trinajstić information content (AvgIpc) is 2.21. The molecule has 1 aliphatic rings. The van der Waals surface area contributed by atoms with E-state index in [0.717, 1.165) is 13.0 Å². The molecule has 0 aromatic carbocycles. The van der Waals surface area contributed by atoms with Gasteiger partial charge in [0, 0.05) is 19.1 Å². The summed E-state index contributed by atoms with van der Waals surface area (Å²) in [5, 5.41) is 11.7. The molecule has 5 nitrogen and oxygen atoms in total. The Kier molecular flexibility index (Phi) is 4.93. The number of carboxylic acid groups (broad SMARTS) is 1. The minimum absolute atomic E-state index is 0.0770. The first-order valence-electron chi connectivity index (χ1n) is 6.17. The van der Waals surface area contributed by atoms with Crippen LogP contribution in [0.25, 0.3) is 0 Å². The Morgan fingerprint density at radius 3 is 2.76 bits per heavy atom. The molecule has 5 heteroatoms. The van der Waals surface area contributed by atoms with Crippen molar-refractivity contribution < 1.29 is 14.7 Å². The van der Waals surface area contributed by atoms with E-state index in [4.69, 9.17) is 5.11 Å². The molecule has 0 radical (unpaired) electrons. The van der Waals surface area contributed by atoms with Gasteiger partial charge in [0.2, 0.25) is 5.91 Å². The van der Waals surface area contributed by atoms with Crippen LogP contribution in [0.3, 0.4) is 0 Å². The van der Waals surface area contributed by atoms with Gasteiger partial charge in [0.1, 0.15) is 0 Å². The zero-order valence-corrected chi connectivity index (χ0v) is 10.8. The summed E-state index contributed by atoms with van der Waals surface area (Å²) >= 11 is 0. The monoisotopic (exact) mass is 242 g/mol. The fourth-order valence-corrected chi connectivity index (χ4v) is 1.99. The number of hydrogen-bond donors (Lipinski definition) is 2. The molecule has 1 fully saturated rings. The van der Waals surface area contributed by atoms with Crippen molar-refractivity contribution in [3.8, 4) is 0 Å². The normalized spacial score (nSPS) is 25.4. The molecular formula is C12H22N2O3. The molecule has 0 aromatic heterocycles.